The van der Waals surface area contributed by atoms with Gasteiger partial charge in [-0.05, 0) is 18.2 Å². The smallest absolute Gasteiger partial charge is 0.235 e. The second-order valence-electron chi connectivity index (χ2n) is 3.05. The molecule has 1 heterocycles. The molecule has 1 amide bonds. The summed E-state index contributed by atoms with van der Waals surface area (Å²) in [6, 6.07) is 4.64. The molecular formula is C9H8BrFN2O. The van der Waals surface area contributed by atoms with Gasteiger partial charge in [0, 0.05) is 10.0 Å². The van der Waals surface area contributed by atoms with Gasteiger partial charge in [-0.25, -0.2) is 4.39 Å². The molecule has 1 unspecified atom stereocenters. The summed E-state index contributed by atoms with van der Waals surface area (Å²) >= 11 is 3.25. The van der Waals surface area contributed by atoms with Crippen LogP contribution in [-0.2, 0) is 4.79 Å². The molecule has 1 aromatic rings. The predicted molar refractivity (Wildman–Crippen MR) is 53.0 cm³/mol. The van der Waals surface area contributed by atoms with Crippen LogP contribution in [-0.4, -0.2) is 12.5 Å². The second-order valence-corrected chi connectivity index (χ2v) is 3.96. The number of halogens is 2. The van der Waals surface area contributed by atoms with Gasteiger partial charge in [-0.2, -0.15) is 0 Å². The van der Waals surface area contributed by atoms with Gasteiger partial charge < -0.3 is 5.32 Å². The van der Waals surface area contributed by atoms with Gasteiger partial charge in [-0.1, -0.05) is 15.9 Å². The van der Waals surface area contributed by atoms with Gasteiger partial charge >= 0.3 is 0 Å². The minimum Gasteiger partial charge on any atom is -0.335 e. The van der Waals surface area contributed by atoms with Crippen LogP contribution >= 0.6 is 15.9 Å². The lowest BCUT2D eigenvalue weighted by molar-refractivity contribution is -0.118. The summed E-state index contributed by atoms with van der Waals surface area (Å²) in [5.74, 6) is -0.442. The number of hydrogen-bond donors (Lipinski definition) is 2. The first kappa shape index (κ1) is 9.61. The van der Waals surface area contributed by atoms with Crippen molar-refractivity contribution in [2.24, 2.45) is 0 Å². The van der Waals surface area contributed by atoms with Gasteiger partial charge in [0.2, 0.25) is 5.91 Å². The lowest BCUT2D eigenvalue weighted by Crippen LogP contribution is -2.23. The molecule has 3 nitrogen and oxygen atoms in total. The Balaban J connectivity index is 2.31. The maximum atomic E-state index is 13.3. The topological polar surface area (TPSA) is 41.1 Å². The van der Waals surface area contributed by atoms with E-state index in [1.165, 1.54) is 6.07 Å². The van der Waals surface area contributed by atoms with Crippen molar-refractivity contribution in [1.29, 1.82) is 0 Å². The summed E-state index contributed by atoms with van der Waals surface area (Å²) in [4.78, 5) is 10.9. The Bertz CT molecular complexity index is 383. The molecule has 5 heteroatoms. The number of hydrogen-bond acceptors (Lipinski definition) is 2. The highest BCUT2D eigenvalue weighted by Crippen LogP contribution is 2.21. The third kappa shape index (κ3) is 1.78. The Kier molecular flexibility index (Phi) is 2.52. The number of carbonyl (C=O) groups is 1. The van der Waals surface area contributed by atoms with Crippen LogP contribution in [0.3, 0.4) is 0 Å². The largest absolute Gasteiger partial charge is 0.335 e. The van der Waals surface area contributed by atoms with E-state index in [9.17, 15) is 9.18 Å². The van der Waals surface area contributed by atoms with Crippen LogP contribution in [0.2, 0.25) is 0 Å². The Labute approximate surface area is 88.8 Å². The molecule has 0 spiro atoms. The molecule has 1 saturated heterocycles. The summed E-state index contributed by atoms with van der Waals surface area (Å²) in [6.07, 6.45) is -0.417. The first-order chi connectivity index (χ1) is 6.66. The molecule has 0 aromatic heterocycles. The van der Waals surface area contributed by atoms with E-state index < -0.39 is 6.17 Å². The van der Waals surface area contributed by atoms with Gasteiger partial charge in [0.15, 0.2) is 0 Å². The summed E-state index contributed by atoms with van der Waals surface area (Å²) < 4.78 is 14.1. The van der Waals surface area contributed by atoms with Crippen LogP contribution in [0.25, 0.3) is 0 Å². The van der Waals surface area contributed by atoms with Crippen LogP contribution in [0.15, 0.2) is 22.7 Å². The zero-order chi connectivity index (χ0) is 10.1. The number of rotatable bonds is 1. The first-order valence-corrected chi connectivity index (χ1v) is 4.94. The van der Waals surface area contributed by atoms with Gasteiger partial charge in [0.1, 0.15) is 12.0 Å². The molecule has 0 saturated carbocycles. The van der Waals surface area contributed by atoms with E-state index in [1.54, 1.807) is 12.1 Å². The van der Waals surface area contributed by atoms with E-state index in [2.05, 4.69) is 26.6 Å². The SMILES string of the molecule is O=C1CNC(c2cc(Br)ccc2F)N1. The molecule has 0 bridgehead atoms. The van der Waals surface area contributed by atoms with Crippen LogP contribution in [0.4, 0.5) is 4.39 Å². The van der Waals surface area contributed by atoms with Gasteiger partial charge in [0.05, 0.1) is 6.54 Å². The van der Waals surface area contributed by atoms with Crippen molar-refractivity contribution in [3.63, 3.8) is 0 Å². The first-order valence-electron chi connectivity index (χ1n) is 4.14. The Morgan fingerprint density at radius 1 is 1.50 bits per heavy atom. The number of nitrogens with one attached hydrogen (secondary N) is 2. The van der Waals surface area contributed by atoms with Crippen molar-refractivity contribution in [1.82, 2.24) is 10.6 Å². The van der Waals surface area contributed by atoms with Crippen molar-refractivity contribution in [3.8, 4) is 0 Å². The standard InChI is InChI=1S/C9H8BrFN2O/c10-5-1-2-7(11)6(3-5)9-12-4-8(14)13-9/h1-3,9,12H,4H2,(H,13,14). The highest BCUT2D eigenvalue weighted by Gasteiger charge is 2.23. The quantitative estimate of drug-likeness (QED) is 0.798. The van der Waals surface area contributed by atoms with Crippen LogP contribution in [0.5, 0.6) is 0 Å². The highest BCUT2D eigenvalue weighted by molar-refractivity contribution is 9.10. The average Bonchev–Trinajstić information content (AvgIpc) is 2.56. The molecule has 74 valence electrons. The van der Waals surface area contributed by atoms with Crippen LogP contribution in [0, 0.1) is 5.82 Å². The Hall–Kier alpha value is -0.940. The molecule has 1 fully saturated rings. The lowest BCUT2D eigenvalue weighted by atomic mass is 10.1. The normalized spacial score (nSPS) is 21.0. The molecule has 1 atom stereocenters. The summed E-state index contributed by atoms with van der Waals surface area (Å²) in [5.41, 5.74) is 0.449. The van der Waals surface area contributed by atoms with E-state index >= 15 is 0 Å². The van der Waals surface area contributed by atoms with Crippen LogP contribution < -0.4 is 10.6 Å². The van der Waals surface area contributed by atoms with Gasteiger partial charge in [-0.15, -0.1) is 0 Å². The zero-order valence-corrected chi connectivity index (χ0v) is 8.77. The summed E-state index contributed by atoms with van der Waals surface area (Å²) in [7, 11) is 0. The molecule has 0 radical (unpaired) electrons. The predicted octanol–water partition coefficient (Wildman–Crippen LogP) is 1.31. The van der Waals surface area contributed by atoms with Crippen molar-refractivity contribution in [2.75, 3.05) is 6.54 Å². The third-order valence-electron chi connectivity index (χ3n) is 2.04. The summed E-state index contributed by atoms with van der Waals surface area (Å²) in [6.45, 7) is 0.233. The van der Waals surface area contributed by atoms with Crippen molar-refractivity contribution >= 4 is 21.8 Å². The molecule has 1 aliphatic rings. The average molecular weight is 259 g/mol. The fourth-order valence-corrected chi connectivity index (χ4v) is 1.76. The van der Waals surface area contributed by atoms with E-state index in [-0.39, 0.29) is 18.3 Å². The van der Waals surface area contributed by atoms with E-state index in [0.717, 1.165) is 4.47 Å². The zero-order valence-electron chi connectivity index (χ0n) is 7.18. The monoisotopic (exact) mass is 258 g/mol. The third-order valence-corrected chi connectivity index (χ3v) is 2.53. The van der Waals surface area contributed by atoms with Gasteiger partial charge in [-0.3, -0.25) is 10.1 Å². The van der Waals surface area contributed by atoms with E-state index in [0.29, 0.717) is 5.56 Å². The van der Waals surface area contributed by atoms with E-state index in [4.69, 9.17) is 0 Å². The van der Waals surface area contributed by atoms with Gasteiger partial charge in [0.25, 0.3) is 0 Å². The second kappa shape index (κ2) is 3.67. The number of benzene rings is 1. The minimum atomic E-state index is -0.417. The maximum Gasteiger partial charge on any atom is 0.235 e. The fraction of sp³-hybridized carbons (Fsp3) is 0.222. The van der Waals surface area contributed by atoms with E-state index in [1.807, 2.05) is 0 Å². The van der Waals surface area contributed by atoms with Crippen molar-refractivity contribution < 1.29 is 9.18 Å². The van der Waals surface area contributed by atoms with Crippen LogP contribution in [0.1, 0.15) is 11.7 Å². The molecule has 1 aromatic carbocycles. The number of carbonyl (C=O) groups excluding carboxylic acids is 1. The molecular weight excluding hydrogens is 251 g/mol. The fourth-order valence-electron chi connectivity index (χ4n) is 1.38. The molecule has 1 aliphatic heterocycles. The minimum absolute atomic E-state index is 0.116. The highest BCUT2D eigenvalue weighted by atomic mass is 79.9. The van der Waals surface area contributed by atoms with Crippen molar-refractivity contribution in [3.05, 3.63) is 34.1 Å². The molecule has 2 N–H and O–H groups in total. The molecule has 14 heavy (non-hydrogen) atoms. The molecule has 0 aliphatic carbocycles. The Morgan fingerprint density at radius 2 is 2.29 bits per heavy atom. The molecule has 2 rings (SSSR count). The maximum absolute atomic E-state index is 13.3. The van der Waals surface area contributed by atoms with Crippen molar-refractivity contribution in [2.45, 2.75) is 6.17 Å². The Morgan fingerprint density at radius 3 is 2.93 bits per heavy atom. The summed E-state index contributed by atoms with van der Waals surface area (Å²) in [5, 5.41) is 5.50. The number of amides is 1. The lowest BCUT2D eigenvalue weighted by Gasteiger charge is -2.11.